The number of amides is 3. The molecule has 0 aliphatic heterocycles. The topological polar surface area (TPSA) is 80.3 Å². The number of hydrogen-bond acceptors (Lipinski definition) is 4. The van der Waals surface area contributed by atoms with Crippen LogP contribution in [0.2, 0.25) is 0 Å². The molecule has 0 bridgehead atoms. The molecular weight excluding hydrogens is 258 g/mol. The Morgan fingerprint density at radius 3 is 2.50 bits per heavy atom. The van der Waals surface area contributed by atoms with Crippen molar-refractivity contribution in [2.24, 2.45) is 0 Å². The molecule has 2 aromatic rings. The van der Waals surface area contributed by atoms with Gasteiger partial charge in [0.15, 0.2) is 0 Å². The summed E-state index contributed by atoms with van der Waals surface area (Å²) in [6.45, 7) is 0. The Hall–Kier alpha value is -2.89. The van der Waals surface area contributed by atoms with E-state index in [0.717, 1.165) is 0 Å². The summed E-state index contributed by atoms with van der Waals surface area (Å²) in [4.78, 5) is 27.2. The second-order valence-corrected chi connectivity index (χ2v) is 3.88. The van der Waals surface area contributed by atoms with Crippen molar-refractivity contribution in [3.05, 3.63) is 54.4 Å². The molecule has 2 N–H and O–H groups in total. The standard InChI is InChI=1S/C14H13N3O3/c1-20-12-6-4-11(5-7-12)16-14(19)17-13(18)10-3-2-8-15-9-10/h2-9H,1H3,(H2,16,17,18,19). The monoisotopic (exact) mass is 271 g/mol. The lowest BCUT2D eigenvalue weighted by Crippen LogP contribution is -2.34. The molecule has 0 radical (unpaired) electrons. The normalized spacial score (nSPS) is 9.65. The van der Waals surface area contributed by atoms with Gasteiger partial charge in [-0.1, -0.05) is 0 Å². The predicted molar refractivity (Wildman–Crippen MR) is 73.7 cm³/mol. The number of aromatic nitrogens is 1. The molecule has 20 heavy (non-hydrogen) atoms. The Balaban J connectivity index is 1.93. The summed E-state index contributed by atoms with van der Waals surface area (Å²) in [5.41, 5.74) is 0.875. The van der Waals surface area contributed by atoms with Crippen molar-refractivity contribution >= 4 is 17.6 Å². The second kappa shape index (κ2) is 6.33. The van der Waals surface area contributed by atoms with Gasteiger partial charge in [-0.3, -0.25) is 15.1 Å². The molecule has 0 saturated heterocycles. The van der Waals surface area contributed by atoms with Gasteiger partial charge in [-0.2, -0.15) is 0 Å². The first-order valence-corrected chi connectivity index (χ1v) is 5.85. The number of imide groups is 1. The summed E-state index contributed by atoms with van der Waals surface area (Å²) in [6, 6.07) is 9.35. The van der Waals surface area contributed by atoms with Gasteiger partial charge in [0.25, 0.3) is 5.91 Å². The smallest absolute Gasteiger partial charge is 0.326 e. The zero-order valence-electron chi connectivity index (χ0n) is 10.8. The van der Waals surface area contributed by atoms with E-state index in [1.165, 1.54) is 6.20 Å². The number of rotatable bonds is 3. The van der Waals surface area contributed by atoms with Gasteiger partial charge >= 0.3 is 6.03 Å². The SMILES string of the molecule is COc1ccc(NC(=O)NC(=O)c2cccnc2)cc1. The maximum atomic E-state index is 11.7. The van der Waals surface area contributed by atoms with E-state index in [2.05, 4.69) is 15.6 Å². The maximum Gasteiger partial charge on any atom is 0.326 e. The Bertz CT molecular complexity index is 597. The number of ether oxygens (including phenoxy) is 1. The average Bonchev–Trinajstić information content (AvgIpc) is 2.49. The zero-order chi connectivity index (χ0) is 14.4. The molecule has 0 aliphatic carbocycles. The molecule has 0 spiro atoms. The van der Waals surface area contributed by atoms with Gasteiger partial charge in [0.1, 0.15) is 5.75 Å². The van der Waals surface area contributed by atoms with E-state index in [1.54, 1.807) is 49.7 Å². The van der Waals surface area contributed by atoms with Gasteiger partial charge in [-0.25, -0.2) is 4.79 Å². The van der Waals surface area contributed by atoms with E-state index < -0.39 is 11.9 Å². The molecule has 0 aliphatic rings. The molecule has 6 nitrogen and oxygen atoms in total. The molecule has 1 aromatic heterocycles. The number of urea groups is 1. The number of pyridine rings is 1. The van der Waals surface area contributed by atoms with Gasteiger partial charge in [-0.15, -0.1) is 0 Å². The number of hydrogen-bond donors (Lipinski definition) is 2. The number of nitrogens with one attached hydrogen (secondary N) is 2. The van der Waals surface area contributed by atoms with Crippen molar-refractivity contribution in [2.45, 2.75) is 0 Å². The van der Waals surface area contributed by atoms with Crippen molar-refractivity contribution in [3.63, 3.8) is 0 Å². The Morgan fingerprint density at radius 1 is 1.15 bits per heavy atom. The minimum absolute atomic E-state index is 0.317. The maximum absolute atomic E-state index is 11.7. The molecule has 102 valence electrons. The highest BCUT2D eigenvalue weighted by Gasteiger charge is 2.10. The van der Waals surface area contributed by atoms with Gasteiger partial charge < -0.3 is 10.1 Å². The van der Waals surface area contributed by atoms with Crippen LogP contribution < -0.4 is 15.4 Å². The number of nitrogens with zero attached hydrogens (tertiary/aromatic N) is 1. The van der Waals surface area contributed by atoms with Crippen LogP contribution in [0.25, 0.3) is 0 Å². The van der Waals surface area contributed by atoms with Gasteiger partial charge in [0.2, 0.25) is 0 Å². The third-order valence-electron chi connectivity index (χ3n) is 2.50. The van der Waals surface area contributed by atoms with Gasteiger partial charge in [0, 0.05) is 18.1 Å². The lowest BCUT2D eigenvalue weighted by molar-refractivity contribution is 0.0967. The molecule has 0 atom stereocenters. The Kier molecular flexibility index (Phi) is 4.28. The van der Waals surface area contributed by atoms with Crippen LogP contribution in [-0.2, 0) is 0 Å². The lowest BCUT2D eigenvalue weighted by Gasteiger charge is -2.07. The summed E-state index contributed by atoms with van der Waals surface area (Å²) in [7, 11) is 1.56. The van der Waals surface area contributed by atoms with Crippen molar-refractivity contribution in [1.29, 1.82) is 0 Å². The fourth-order valence-corrected chi connectivity index (χ4v) is 1.51. The third kappa shape index (κ3) is 3.55. The fraction of sp³-hybridized carbons (Fsp3) is 0.0714. The summed E-state index contributed by atoms with van der Waals surface area (Å²) in [5, 5.41) is 4.76. The van der Waals surface area contributed by atoms with Crippen LogP contribution in [0.15, 0.2) is 48.8 Å². The van der Waals surface area contributed by atoms with Crippen LogP contribution in [0.5, 0.6) is 5.75 Å². The van der Waals surface area contributed by atoms with Crippen LogP contribution in [0.4, 0.5) is 10.5 Å². The van der Waals surface area contributed by atoms with E-state index in [1.807, 2.05) is 0 Å². The van der Waals surface area contributed by atoms with Crippen LogP contribution in [0.1, 0.15) is 10.4 Å². The molecule has 3 amide bonds. The lowest BCUT2D eigenvalue weighted by atomic mass is 10.3. The summed E-state index contributed by atoms with van der Waals surface area (Å²) < 4.78 is 5.01. The van der Waals surface area contributed by atoms with Crippen molar-refractivity contribution in [3.8, 4) is 5.75 Å². The molecule has 0 fully saturated rings. The molecule has 0 saturated carbocycles. The number of anilines is 1. The quantitative estimate of drug-likeness (QED) is 0.895. The number of methoxy groups -OCH3 is 1. The molecule has 1 aromatic carbocycles. The number of carbonyl (C=O) groups excluding carboxylic acids is 2. The summed E-state index contributed by atoms with van der Waals surface area (Å²) in [5.74, 6) is 0.173. The number of benzene rings is 1. The van der Waals surface area contributed by atoms with E-state index in [4.69, 9.17) is 4.74 Å². The Labute approximate surface area is 115 Å². The molecule has 0 unspecified atom stereocenters. The van der Waals surface area contributed by atoms with E-state index >= 15 is 0 Å². The highest BCUT2D eigenvalue weighted by molar-refractivity contribution is 6.07. The first-order valence-electron chi connectivity index (χ1n) is 5.85. The van der Waals surface area contributed by atoms with Crippen LogP contribution in [-0.4, -0.2) is 24.0 Å². The Morgan fingerprint density at radius 2 is 1.90 bits per heavy atom. The van der Waals surface area contributed by atoms with Crippen LogP contribution >= 0.6 is 0 Å². The second-order valence-electron chi connectivity index (χ2n) is 3.88. The van der Waals surface area contributed by atoms with Crippen molar-refractivity contribution in [1.82, 2.24) is 10.3 Å². The zero-order valence-corrected chi connectivity index (χ0v) is 10.8. The van der Waals surface area contributed by atoms with Crippen molar-refractivity contribution < 1.29 is 14.3 Å². The highest BCUT2D eigenvalue weighted by Crippen LogP contribution is 2.14. The van der Waals surface area contributed by atoms with Gasteiger partial charge in [-0.05, 0) is 36.4 Å². The van der Waals surface area contributed by atoms with E-state index in [0.29, 0.717) is 17.0 Å². The molecule has 2 rings (SSSR count). The van der Waals surface area contributed by atoms with E-state index in [9.17, 15) is 9.59 Å². The van der Waals surface area contributed by atoms with E-state index in [-0.39, 0.29) is 0 Å². The number of carbonyl (C=O) groups is 2. The predicted octanol–water partition coefficient (Wildman–Crippen LogP) is 2.05. The highest BCUT2D eigenvalue weighted by atomic mass is 16.5. The molecular formula is C14H13N3O3. The van der Waals surface area contributed by atoms with Gasteiger partial charge in [0.05, 0.1) is 12.7 Å². The average molecular weight is 271 g/mol. The first kappa shape index (κ1) is 13.5. The van der Waals surface area contributed by atoms with Crippen LogP contribution in [0.3, 0.4) is 0 Å². The minimum atomic E-state index is -0.607. The van der Waals surface area contributed by atoms with Crippen molar-refractivity contribution in [2.75, 3.05) is 12.4 Å². The summed E-state index contributed by atoms with van der Waals surface area (Å²) in [6.07, 6.45) is 2.93. The largest absolute Gasteiger partial charge is 0.497 e. The van der Waals surface area contributed by atoms with Crippen LogP contribution in [0, 0.1) is 0 Å². The fourth-order valence-electron chi connectivity index (χ4n) is 1.51. The first-order chi connectivity index (χ1) is 9.69. The molecule has 6 heteroatoms. The summed E-state index contributed by atoms with van der Waals surface area (Å²) >= 11 is 0. The minimum Gasteiger partial charge on any atom is -0.497 e. The molecule has 1 heterocycles. The third-order valence-corrected chi connectivity index (χ3v) is 2.50.